The molecule has 0 amide bonds. The first-order chi connectivity index (χ1) is 37.8. The van der Waals surface area contributed by atoms with E-state index in [1.807, 2.05) is 0 Å². The molecule has 0 unspecified atom stereocenters. The largest absolute Gasteiger partial charge is 0.306 e. The first kappa shape index (κ1) is 41.8. The number of aromatic nitrogens is 6. The SMILES string of the molecule is c1ccc2sc(-c3c(-n4c5ccccc5c5ccccc54)c(-n4c5ccccc5c5ccccc54)c(-c4nc5ccccc5s4)c(-n4c5ccccc5c5ccccc54)c3-n3c4ccccc4c4ccccc43)nc2c1. The second kappa shape index (κ2) is 16.0. The smallest absolute Gasteiger partial charge is 0.129 e. The van der Waals surface area contributed by atoms with Gasteiger partial charge in [-0.3, -0.25) is 0 Å². The standard InChI is InChI=1S/C68H40N6S2/c1-11-31-51-41(21-1)42-22-2-12-32-52(42)71(51)63-61(67-69-49-29-9-19-39-59(49)75-67)65(73-55-35-15-5-25-45(55)46-26-6-16-36-56(46)73)66(74-57-37-17-7-27-47(57)48-28-8-18-38-58(48)74)62(68-70-50-30-10-20-40-60(50)76-68)64(63)72-53-33-13-3-23-43(53)44-24-4-14-34-54(44)72/h1-40H. The fraction of sp³-hybridized carbons (Fsp3) is 0. The van der Waals surface area contributed by atoms with Crippen molar-refractivity contribution in [2.75, 3.05) is 0 Å². The van der Waals surface area contributed by atoms with Gasteiger partial charge in [-0.25, -0.2) is 9.97 Å². The van der Waals surface area contributed by atoms with Gasteiger partial charge < -0.3 is 18.3 Å². The molecule has 0 radical (unpaired) electrons. The molecule has 0 saturated heterocycles. The Morgan fingerprint density at radius 3 is 0.645 bits per heavy atom. The van der Waals surface area contributed by atoms with Crippen molar-refractivity contribution in [3.05, 3.63) is 243 Å². The molecule has 354 valence electrons. The van der Waals surface area contributed by atoms with E-state index in [0.717, 1.165) is 108 Å². The second-order valence-corrected chi connectivity index (χ2v) is 21.7. The van der Waals surface area contributed by atoms with Crippen LogP contribution in [0.4, 0.5) is 0 Å². The summed E-state index contributed by atoms with van der Waals surface area (Å²) in [6, 6.07) is 88.7. The van der Waals surface area contributed by atoms with Crippen LogP contribution in [0.25, 0.3) is 152 Å². The number of hydrogen-bond donors (Lipinski definition) is 0. The van der Waals surface area contributed by atoms with Crippen molar-refractivity contribution in [3.8, 4) is 43.9 Å². The van der Waals surface area contributed by atoms with E-state index in [2.05, 4.69) is 261 Å². The van der Waals surface area contributed by atoms with Crippen LogP contribution in [-0.4, -0.2) is 28.2 Å². The predicted molar refractivity (Wildman–Crippen MR) is 321 cm³/mol. The van der Waals surface area contributed by atoms with Crippen LogP contribution >= 0.6 is 22.7 Å². The summed E-state index contributed by atoms with van der Waals surface area (Å²) in [5, 5.41) is 11.2. The monoisotopic (exact) mass is 1000 g/mol. The van der Waals surface area contributed by atoms with Gasteiger partial charge >= 0.3 is 0 Å². The Kier molecular flexibility index (Phi) is 8.78. The van der Waals surface area contributed by atoms with Crippen LogP contribution in [0.3, 0.4) is 0 Å². The highest BCUT2D eigenvalue weighted by atomic mass is 32.1. The van der Waals surface area contributed by atoms with Crippen molar-refractivity contribution in [2.24, 2.45) is 0 Å². The molecule has 0 saturated carbocycles. The summed E-state index contributed by atoms with van der Waals surface area (Å²) in [5.74, 6) is 0. The van der Waals surface area contributed by atoms with Gasteiger partial charge in [0.2, 0.25) is 0 Å². The maximum atomic E-state index is 5.84. The average Bonchev–Trinajstić information content (AvgIpc) is 4.45. The number of fused-ring (bicyclic) bond motifs is 14. The van der Waals surface area contributed by atoms with E-state index in [-0.39, 0.29) is 0 Å². The third-order valence-corrected chi connectivity index (χ3v) is 17.7. The van der Waals surface area contributed by atoms with E-state index in [1.165, 1.54) is 43.1 Å². The Labute approximate surface area is 442 Å². The van der Waals surface area contributed by atoms with Crippen LogP contribution in [0.1, 0.15) is 0 Å². The van der Waals surface area contributed by atoms with Gasteiger partial charge in [0.1, 0.15) is 10.0 Å². The van der Waals surface area contributed by atoms with E-state index < -0.39 is 0 Å². The van der Waals surface area contributed by atoms with Crippen molar-refractivity contribution < 1.29 is 0 Å². The Balaban J connectivity index is 1.27. The van der Waals surface area contributed by atoms with Gasteiger partial charge in [-0.2, -0.15) is 0 Å². The second-order valence-electron chi connectivity index (χ2n) is 19.6. The lowest BCUT2D eigenvalue weighted by Gasteiger charge is -2.30. The van der Waals surface area contributed by atoms with E-state index in [0.29, 0.717) is 0 Å². The molecule has 0 aliphatic heterocycles. The third kappa shape index (κ3) is 5.74. The van der Waals surface area contributed by atoms with Gasteiger partial charge in [0.05, 0.1) is 98.4 Å². The molecule has 17 aromatic rings. The van der Waals surface area contributed by atoms with Gasteiger partial charge in [0.25, 0.3) is 0 Å². The number of thiazole rings is 2. The number of benzene rings is 11. The minimum atomic E-state index is 0.912. The Bertz CT molecular complexity index is 4410. The molecule has 76 heavy (non-hydrogen) atoms. The third-order valence-electron chi connectivity index (χ3n) is 15.6. The van der Waals surface area contributed by atoms with E-state index in [1.54, 1.807) is 22.7 Å². The average molecular weight is 1010 g/mol. The van der Waals surface area contributed by atoms with Gasteiger partial charge in [-0.05, 0) is 72.8 Å². The maximum Gasteiger partial charge on any atom is 0.129 e. The normalized spacial score (nSPS) is 12.2. The summed E-state index contributed by atoms with van der Waals surface area (Å²) in [7, 11) is 0. The Hall–Kier alpha value is -9.60. The highest BCUT2D eigenvalue weighted by Crippen LogP contribution is 2.56. The fourth-order valence-corrected chi connectivity index (χ4v) is 14.6. The van der Waals surface area contributed by atoms with Crippen LogP contribution in [0.2, 0.25) is 0 Å². The number of nitrogens with zero attached hydrogens (tertiary/aromatic N) is 6. The van der Waals surface area contributed by atoms with Gasteiger partial charge in [-0.1, -0.05) is 170 Å². The van der Waals surface area contributed by atoms with E-state index in [4.69, 9.17) is 9.97 Å². The first-order valence-electron chi connectivity index (χ1n) is 25.7. The molecule has 0 aliphatic carbocycles. The molecule has 0 bridgehead atoms. The molecule has 6 nitrogen and oxygen atoms in total. The summed E-state index contributed by atoms with van der Waals surface area (Å²) in [4.78, 5) is 11.7. The molecule has 8 heteroatoms. The summed E-state index contributed by atoms with van der Waals surface area (Å²) < 4.78 is 12.5. The maximum absolute atomic E-state index is 5.84. The summed E-state index contributed by atoms with van der Waals surface area (Å²) >= 11 is 3.51. The fourth-order valence-electron chi connectivity index (χ4n) is 12.6. The minimum absolute atomic E-state index is 0.912. The summed E-state index contributed by atoms with van der Waals surface area (Å²) in [6.07, 6.45) is 0. The van der Waals surface area contributed by atoms with Crippen molar-refractivity contribution in [2.45, 2.75) is 0 Å². The van der Waals surface area contributed by atoms with Crippen LogP contribution in [0.15, 0.2) is 243 Å². The number of rotatable bonds is 6. The molecule has 0 aliphatic rings. The van der Waals surface area contributed by atoms with Crippen molar-refractivity contribution in [1.82, 2.24) is 28.2 Å². The quantitative estimate of drug-likeness (QED) is 0.167. The van der Waals surface area contributed by atoms with Crippen LogP contribution in [0.5, 0.6) is 0 Å². The van der Waals surface area contributed by atoms with Crippen LogP contribution in [0, 0.1) is 0 Å². The molecular weight excluding hydrogens is 965 g/mol. The summed E-state index contributed by atoms with van der Waals surface area (Å²) in [5.41, 5.74) is 16.8. The first-order valence-corrected chi connectivity index (χ1v) is 27.3. The van der Waals surface area contributed by atoms with Gasteiger partial charge in [-0.15, -0.1) is 22.7 Å². The predicted octanol–water partition coefficient (Wildman–Crippen LogP) is 18.6. The zero-order valence-corrected chi connectivity index (χ0v) is 42.2. The van der Waals surface area contributed by atoms with Crippen LogP contribution in [-0.2, 0) is 0 Å². The molecule has 0 spiro atoms. The highest BCUT2D eigenvalue weighted by molar-refractivity contribution is 7.22. The highest BCUT2D eigenvalue weighted by Gasteiger charge is 2.37. The zero-order valence-electron chi connectivity index (χ0n) is 40.6. The van der Waals surface area contributed by atoms with Gasteiger partial charge in [0, 0.05) is 43.1 Å². The van der Waals surface area contributed by atoms with E-state index >= 15 is 0 Å². The van der Waals surface area contributed by atoms with Crippen molar-refractivity contribution >= 4 is 130 Å². The van der Waals surface area contributed by atoms with Crippen LogP contribution < -0.4 is 0 Å². The molecule has 0 atom stereocenters. The minimum Gasteiger partial charge on any atom is -0.306 e. The van der Waals surface area contributed by atoms with Crippen molar-refractivity contribution in [3.63, 3.8) is 0 Å². The number of para-hydroxylation sites is 10. The summed E-state index contributed by atoms with van der Waals surface area (Å²) in [6.45, 7) is 0. The topological polar surface area (TPSA) is 45.5 Å². The number of hydrogen-bond acceptors (Lipinski definition) is 4. The molecular formula is C68H40N6S2. The Morgan fingerprint density at radius 1 is 0.224 bits per heavy atom. The lowest BCUT2D eigenvalue weighted by Crippen LogP contribution is -2.15. The molecule has 6 aromatic heterocycles. The molecule has 0 N–H and O–H groups in total. The van der Waals surface area contributed by atoms with Gasteiger partial charge in [0.15, 0.2) is 0 Å². The molecule has 11 aromatic carbocycles. The Morgan fingerprint density at radius 2 is 0.421 bits per heavy atom. The lowest BCUT2D eigenvalue weighted by molar-refractivity contribution is 1.05. The molecule has 6 heterocycles. The van der Waals surface area contributed by atoms with Crippen molar-refractivity contribution in [1.29, 1.82) is 0 Å². The zero-order chi connectivity index (χ0) is 49.6. The lowest BCUT2D eigenvalue weighted by atomic mass is 9.97. The molecule has 17 rings (SSSR count). The molecule has 0 fully saturated rings. The van der Waals surface area contributed by atoms with E-state index in [9.17, 15) is 0 Å².